The normalized spacial score (nSPS) is 10.4. The number of rotatable bonds is 7. The Morgan fingerprint density at radius 2 is 1.89 bits per heavy atom. The number of hydrogen-bond donors (Lipinski definition) is 1. The Kier molecular flexibility index (Phi) is 5.72. The lowest BCUT2D eigenvalue weighted by atomic mass is 10.1. The van der Waals surface area contributed by atoms with Crippen LogP contribution in [0.5, 0.6) is 5.75 Å². The zero-order valence-corrected chi connectivity index (χ0v) is 15.2. The largest absolute Gasteiger partial charge is 0.497 e. The molecule has 0 saturated heterocycles. The van der Waals surface area contributed by atoms with Crippen molar-refractivity contribution in [3.8, 4) is 5.75 Å². The number of carbonyl (C=O) groups is 1. The number of hydrogen-bond acceptors (Lipinski definition) is 7. The number of carbonyl (C=O) groups excluding carboxylic acids is 1. The lowest BCUT2D eigenvalue weighted by Gasteiger charge is -2.02. The molecule has 9 heteroatoms. The zero-order chi connectivity index (χ0) is 19.2. The van der Waals surface area contributed by atoms with Gasteiger partial charge in [-0.15, -0.1) is 10.2 Å². The van der Waals surface area contributed by atoms with E-state index in [1.807, 2.05) is 24.3 Å². The molecule has 27 heavy (non-hydrogen) atoms. The second-order valence-corrected chi connectivity index (χ2v) is 6.64. The van der Waals surface area contributed by atoms with Crippen LogP contribution in [0.2, 0.25) is 0 Å². The zero-order valence-electron chi connectivity index (χ0n) is 14.4. The van der Waals surface area contributed by atoms with Gasteiger partial charge >= 0.3 is 0 Å². The first kappa shape index (κ1) is 18.5. The van der Waals surface area contributed by atoms with Gasteiger partial charge < -0.3 is 4.74 Å². The summed E-state index contributed by atoms with van der Waals surface area (Å²) in [5.41, 5.74) is 0.869. The van der Waals surface area contributed by atoms with Gasteiger partial charge in [0.1, 0.15) is 16.3 Å². The van der Waals surface area contributed by atoms with Gasteiger partial charge in [0, 0.05) is 12.5 Å². The molecule has 0 bridgehead atoms. The summed E-state index contributed by atoms with van der Waals surface area (Å²) in [7, 11) is 1.62. The number of benzene rings is 2. The van der Waals surface area contributed by atoms with Crippen LogP contribution in [0.1, 0.15) is 20.9 Å². The number of amides is 1. The maximum Gasteiger partial charge on any atom is 0.282 e. The fourth-order valence-corrected chi connectivity index (χ4v) is 3.17. The molecule has 2 aromatic carbocycles. The van der Waals surface area contributed by atoms with Crippen molar-refractivity contribution in [2.45, 2.75) is 12.8 Å². The van der Waals surface area contributed by atoms with Crippen molar-refractivity contribution in [1.82, 2.24) is 10.2 Å². The van der Waals surface area contributed by atoms with Crippen LogP contribution >= 0.6 is 11.3 Å². The average Bonchev–Trinajstić information content (AvgIpc) is 3.14. The van der Waals surface area contributed by atoms with Crippen LogP contribution in [-0.4, -0.2) is 28.1 Å². The SMILES string of the molecule is COc1ccc(CCc2nnc(NC(=O)c3ccccc3[N+](=O)[O-])s2)cc1. The van der Waals surface area contributed by atoms with Gasteiger partial charge in [-0.2, -0.15) is 0 Å². The van der Waals surface area contributed by atoms with Crippen molar-refractivity contribution in [3.63, 3.8) is 0 Å². The van der Waals surface area contributed by atoms with E-state index in [0.29, 0.717) is 11.6 Å². The van der Waals surface area contributed by atoms with Crippen LogP contribution in [0.15, 0.2) is 48.5 Å². The Labute approximate surface area is 159 Å². The van der Waals surface area contributed by atoms with E-state index < -0.39 is 10.8 Å². The third-order valence-corrected chi connectivity index (χ3v) is 4.72. The number of nitrogens with zero attached hydrogens (tertiary/aromatic N) is 3. The molecule has 3 rings (SSSR count). The Hall–Kier alpha value is -3.33. The number of nitro groups is 1. The number of ether oxygens (including phenoxy) is 1. The number of anilines is 1. The molecule has 0 aliphatic rings. The standard InChI is InChI=1S/C18H16N4O4S/c1-26-13-9-6-12(7-10-13)8-11-16-20-21-18(27-16)19-17(23)14-4-2-3-5-15(14)22(24)25/h2-7,9-10H,8,11H2,1H3,(H,19,21,23). The number of nitrogens with one attached hydrogen (secondary N) is 1. The molecule has 0 spiro atoms. The van der Waals surface area contributed by atoms with Gasteiger partial charge in [-0.3, -0.25) is 20.2 Å². The van der Waals surface area contributed by atoms with Crippen LogP contribution in [-0.2, 0) is 12.8 Å². The van der Waals surface area contributed by atoms with Gasteiger partial charge in [-0.1, -0.05) is 35.6 Å². The van der Waals surface area contributed by atoms with E-state index in [9.17, 15) is 14.9 Å². The van der Waals surface area contributed by atoms with Gasteiger partial charge in [0.15, 0.2) is 0 Å². The lowest BCUT2D eigenvalue weighted by molar-refractivity contribution is -0.385. The summed E-state index contributed by atoms with van der Waals surface area (Å²) in [4.78, 5) is 22.7. The molecule has 0 aliphatic carbocycles. The van der Waals surface area contributed by atoms with Crippen LogP contribution in [0, 0.1) is 10.1 Å². The van der Waals surface area contributed by atoms with E-state index in [1.54, 1.807) is 13.2 Å². The minimum Gasteiger partial charge on any atom is -0.497 e. The summed E-state index contributed by atoms with van der Waals surface area (Å²) in [6.45, 7) is 0. The Bertz CT molecular complexity index is 956. The first-order chi connectivity index (χ1) is 13.1. The number of para-hydroxylation sites is 1. The average molecular weight is 384 g/mol. The molecule has 1 amide bonds. The van der Waals surface area contributed by atoms with Gasteiger partial charge in [-0.05, 0) is 30.2 Å². The predicted octanol–water partition coefficient (Wildman–Crippen LogP) is 3.49. The Balaban J connectivity index is 1.62. The summed E-state index contributed by atoms with van der Waals surface area (Å²) in [5, 5.41) is 22.7. The van der Waals surface area contributed by atoms with Crippen molar-refractivity contribution < 1.29 is 14.5 Å². The Morgan fingerprint density at radius 1 is 1.15 bits per heavy atom. The van der Waals surface area contributed by atoms with Crippen molar-refractivity contribution in [3.05, 3.63) is 74.8 Å². The topological polar surface area (TPSA) is 107 Å². The number of aromatic nitrogens is 2. The highest BCUT2D eigenvalue weighted by Crippen LogP contribution is 2.22. The minimum absolute atomic E-state index is 0.0162. The second kappa shape index (κ2) is 8.37. The summed E-state index contributed by atoms with van der Waals surface area (Å²) in [5.74, 6) is 0.217. The third kappa shape index (κ3) is 4.64. The monoisotopic (exact) mass is 384 g/mol. The Morgan fingerprint density at radius 3 is 2.59 bits per heavy atom. The summed E-state index contributed by atoms with van der Waals surface area (Å²) in [6, 6.07) is 13.5. The molecule has 0 atom stereocenters. The van der Waals surface area contributed by atoms with Crippen molar-refractivity contribution >= 4 is 28.1 Å². The van der Waals surface area contributed by atoms with E-state index in [2.05, 4.69) is 15.5 Å². The summed E-state index contributed by atoms with van der Waals surface area (Å²) >= 11 is 1.25. The first-order valence-corrected chi connectivity index (χ1v) is 8.88. The van der Waals surface area contributed by atoms with Crippen molar-refractivity contribution in [2.24, 2.45) is 0 Å². The molecule has 1 N–H and O–H groups in total. The number of methoxy groups -OCH3 is 1. The van der Waals surface area contributed by atoms with Crippen LogP contribution in [0.4, 0.5) is 10.8 Å². The van der Waals surface area contributed by atoms with E-state index in [4.69, 9.17) is 4.74 Å². The maximum atomic E-state index is 12.3. The van der Waals surface area contributed by atoms with E-state index in [-0.39, 0.29) is 11.3 Å². The molecule has 0 saturated carbocycles. The molecular weight excluding hydrogens is 368 g/mol. The highest BCUT2D eigenvalue weighted by atomic mass is 32.1. The molecule has 3 aromatic rings. The van der Waals surface area contributed by atoms with Gasteiger partial charge in [0.2, 0.25) is 5.13 Å². The fraction of sp³-hybridized carbons (Fsp3) is 0.167. The molecule has 8 nitrogen and oxygen atoms in total. The van der Waals surface area contributed by atoms with Gasteiger partial charge in [0.05, 0.1) is 12.0 Å². The minimum atomic E-state index is -0.588. The van der Waals surface area contributed by atoms with Crippen LogP contribution in [0.25, 0.3) is 0 Å². The fourth-order valence-electron chi connectivity index (χ4n) is 2.44. The van der Waals surface area contributed by atoms with E-state index >= 15 is 0 Å². The number of nitro benzene ring substituents is 1. The van der Waals surface area contributed by atoms with Crippen LogP contribution in [0.3, 0.4) is 0 Å². The number of aryl methyl sites for hydroxylation is 2. The van der Waals surface area contributed by atoms with Gasteiger partial charge in [0.25, 0.3) is 11.6 Å². The summed E-state index contributed by atoms with van der Waals surface area (Å²) < 4.78 is 5.13. The van der Waals surface area contributed by atoms with Crippen molar-refractivity contribution in [1.29, 1.82) is 0 Å². The molecule has 0 radical (unpaired) electrons. The molecule has 0 fully saturated rings. The summed E-state index contributed by atoms with van der Waals surface area (Å²) in [6.07, 6.45) is 1.45. The molecule has 138 valence electrons. The molecule has 1 aromatic heterocycles. The molecular formula is C18H16N4O4S. The lowest BCUT2D eigenvalue weighted by Crippen LogP contribution is -2.13. The molecule has 1 heterocycles. The third-order valence-electron chi connectivity index (χ3n) is 3.82. The highest BCUT2D eigenvalue weighted by Gasteiger charge is 2.20. The van der Waals surface area contributed by atoms with E-state index in [0.717, 1.165) is 22.7 Å². The quantitative estimate of drug-likeness (QED) is 0.493. The van der Waals surface area contributed by atoms with Gasteiger partial charge in [-0.25, -0.2) is 0 Å². The highest BCUT2D eigenvalue weighted by molar-refractivity contribution is 7.15. The van der Waals surface area contributed by atoms with E-state index in [1.165, 1.54) is 29.5 Å². The van der Waals surface area contributed by atoms with Crippen LogP contribution < -0.4 is 10.1 Å². The smallest absolute Gasteiger partial charge is 0.282 e. The first-order valence-electron chi connectivity index (χ1n) is 8.07. The second-order valence-electron chi connectivity index (χ2n) is 5.58. The predicted molar refractivity (Wildman–Crippen MR) is 101 cm³/mol. The molecule has 0 unspecified atom stereocenters. The van der Waals surface area contributed by atoms with Crippen molar-refractivity contribution in [2.75, 3.05) is 12.4 Å². The maximum absolute atomic E-state index is 12.3. The molecule has 0 aliphatic heterocycles.